The minimum absolute atomic E-state index is 0.294. The third kappa shape index (κ3) is 11.4. The number of unbranched alkanes of at least 4 members (excludes halogenated alkanes) is 2. The number of carboxylic acid groups (broad SMARTS) is 1. The Hall–Kier alpha value is -0.610. The van der Waals surface area contributed by atoms with Gasteiger partial charge < -0.3 is 16.2 Å². The predicted molar refractivity (Wildman–Crippen MR) is 52.6 cm³/mol. The summed E-state index contributed by atoms with van der Waals surface area (Å²) in [6.45, 7) is 2.67. The van der Waals surface area contributed by atoms with Crippen LogP contribution in [0.15, 0.2) is 0 Å². The van der Waals surface area contributed by atoms with Gasteiger partial charge >= 0.3 is 5.97 Å². The third-order valence-corrected chi connectivity index (χ3v) is 1.80. The summed E-state index contributed by atoms with van der Waals surface area (Å²) in [6, 6.07) is 0. The Labute approximate surface area is 79.5 Å². The third-order valence-electron chi connectivity index (χ3n) is 1.80. The van der Waals surface area contributed by atoms with Crippen LogP contribution in [0.25, 0.3) is 0 Å². The Balaban J connectivity index is 2.87. The summed E-state index contributed by atoms with van der Waals surface area (Å²) < 4.78 is 0. The van der Waals surface area contributed by atoms with Gasteiger partial charge in [0.15, 0.2) is 0 Å². The molecule has 0 saturated carbocycles. The summed E-state index contributed by atoms with van der Waals surface area (Å²) in [5, 5.41) is 11.6. The van der Waals surface area contributed by atoms with Crippen molar-refractivity contribution in [2.24, 2.45) is 5.73 Å². The molecule has 0 aromatic carbocycles. The summed E-state index contributed by atoms with van der Waals surface area (Å²) in [4.78, 5) is 10.1. The van der Waals surface area contributed by atoms with E-state index < -0.39 is 5.97 Å². The molecule has 13 heavy (non-hydrogen) atoms. The van der Waals surface area contributed by atoms with Gasteiger partial charge in [0.25, 0.3) is 0 Å². The van der Waals surface area contributed by atoms with Gasteiger partial charge in [-0.05, 0) is 38.9 Å². The van der Waals surface area contributed by atoms with Gasteiger partial charge in [-0.2, -0.15) is 0 Å². The normalized spacial score (nSPS) is 10.2. The first kappa shape index (κ1) is 12.4. The largest absolute Gasteiger partial charge is 0.481 e. The van der Waals surface area contributed by atoms with E-state index in [1.54, 1.807) is 0 Å². The Kier molecular flexibility index (Phi) is 9.03. The molecule has 0 rings (SSSR count). The second-order valence-corrected chi connectivity index (χ2v) is 3.10. The average molecular weight is 188 g/mol. The number of aliphatic carboxylic acids is 1. The molecule has 0 aromatic rings. The maximum absolute atomic E-state index is 10.1. The van der Waals surface area contributed by atoms with Crippen molar-refractivity contribution in [3.8, 4) is 0 Å². The zero-order valence-corrected chi connectivity index (χ0v) is 8.09. The first-order valence-electron chi connectivity index (χ1n) is 4.90. The van der Waals surface area contributed by atoms with Crippen LogP contribution in [0.4, 0.5) is 0 Å². The SMILES string of the molecule is NCCCNCCCCCC(=O)O. The van der Waals surface area contributed by atoms with Crippen LogP contribution in [0, 0.1) is 0 Å². The van der Waals surface area contributed by atoms with Crippen LogP contribution in [0.2, 0.25) is 0 Å². The molecular weight excluding hydrogens is 168 g/mol. The zero-order chi connectivity index (χ0) is 9.94. The van der Waals surface area contributed by atoms with Crippen molar-refractivity contribution in [2.45, 2.75) is 32.1 Å². The molecule has 78 valence electrons. The van der Waals surface area contributed by atoms with Gasteiger partial charge in [-0.3, -0.25) is 4.79 Å². The molecule has 4 nitrogen and oxygen atoms in total. The lowest BCUT2D eigenvalue weighted by atomic mass is 10.2. The molecule has 0 saturated heterocycles. The molecule has 4 heteroatoms. The van der Waals surface area contributed by atoms with Gasteiger partial charge in [0, 0.05) is 6.42 Å². The zero-order valence-electron chi connectivity index (χ0n) is 8.09. The molecule has 0 unspecified atom stereocenters. The molecule has 0 amide bonds. The van der Waals surface area contributed by atoms with E-state index in [4.69, 9.17) is 10.8 Å². The van der Waals surface area contributed by atoms with Gasteiger partial charge in [0.1, 0.15) is 0 Å². The number of hydrogen-bond acceptors (Lipinski definition) is 3. The van der Waals surface area contributed by atoms with Crippen molar-refractivity contribution in [2.75, 3.05) is 19.6 Å². The molecule has 0 aromatic heterocycles. The number of nitrogens with one attached hydrogen (secondary N) is 1. The molecule has 0 aliphatic rings. The quantitative estimate of drug-likeness (QED) is 0.462. The van der Waals surface area contributed by atoms with E-state index in [9.17, 15) is 4.79 Å². The number of nitrogens with two attached hydrogens (primary N) is 1. The first-order chi connectivity index (χ1) is 6.27. The van der Waals surface area contributed by atoms with Crippen LogP contribution in [0.5, 0.6) is 0 Å². The van der Waals surface area contributed by atoms with Crippen molar-refractivity contribution in [3.05, 3.63) is 0 Å². The van der Waals surface area contributed by atoms with Crippen molar-refractivity contribution in [1.29, 1.82) is 0 Å². The molecule has 4 N–H and O–H groups in total. The summed E-state index contributed by atoms with van der Waals surface area (Å²) >= 11 is 0. The monoisotopic (exact) mass is 188 g/mol. The number of carboxylic acids is 1. The lowest BCUT2D eigenvalue weighted by Gasteiger charge is -2.02. The van der Waals surface area contributed by atoms with Crippen LogP contribution in [-0.2, 0) is 4.79 Å². The van der Waals surface area contributed by atoms with E-state index >= 15 is 0 Å². The fourth-order valence-electron chi connectivity index (χ4n) is 1.06. The fraction of sp³-hybridized carbons (Fsp3) is 0.889. The molecule has 0 atom stereocenters. The highest BCUT2D eigenvalue weighted by Gasteiger charge is 1.95. The van der Waals surface area contributed by atoms with Gasteiger partial charge in [-0.1, -0.05) is 6.42 Å². The van der Waals surface area contributed by atoms with E-state index in [2.05, 4.69) is 5.32 Å². The van der Waals surface area contributed by atoms with Crippen molar-refractivity contribution in [3.63, 3.8) is 0 Å². The van der Waals surface area contributed by atoms with E-state index in [0.29, 0.717) is 6.42 Å². The highest BCUT2D eigenvalue weighted by Crippen LogP contribution is 1.98. The summed E-state index contributed by atoms with van der Waals surface area (Å²) in [5.41, 5.74) is 5.32. The van der Waals surface area contributed by atoms with Crippen LogP contribution in [0.1, 0.15) is 32.1 Å². The number of carbonyl (C=O) groups is 1. The van der Waals surface area contributed by atoms with Crippen LogP contribution in [0.3, 0.4) is 0 Å². The highest BCUT2D eigenvalue weighted by molar-refractivity contribution is 5.66. The standard InChI is InChI=1S/C9H20N2O2/c10-6-4-8-11-7-3-1-2-5-9(12)13/h11H,1-8,10H2,(H,12,13). The fourth-order valence-corrected chi connectivity index (χ4v) is 1.06. The first-order valence-corrected chi connectivity index (χ1v) is 4.90. The van der Waals surface area contributed by atoms with Crippen LogP contribution in [-0.4, -0.2) is 30.7 Å². The van der Waals surface area contributed by atoms with Gasteiger partial charge in [0.2, 0.25) is 0 Å². The second-order valence-electron chi connectivity index (χ2n) is 3.10. The van der Waals surface area contributed by atoms with Crippen molar-refractivity contribution < 1.29 is 9.90 Å². The molecule has 0 aliphatic heterocycles. The van der Waals surface area contributed by atoms with E-state index in [0.717, 1.165) is 45.3 Å². The van der Waals surface area contributed by atoms with E-state index in [-0.39, 0.29) is 0 Å². The maximum atomic E-state index is 10.1. The lowest BCUT2D eigenvalue weighted by Crippen LogP contribution is -2.19. The molecule has 0 bridgehead atoms. The second kappa shape index (κ2) is 9.48. The highest BCUT2D eigenvalue weighted by atomic mass is 16.4. The molecule has 0 radical (unpaired) electrons. The van der Waals surface area contributed by atoms with Crippen LogP contribution < -0.4 is 11.1 Å². The maximum Gasteiger partial charge on any atom is 0.303 e. The Morgan fingerprint density at radius 1 is 1.15 bits per heavy atom. The summed E-state index contributed by atoms with van der Waals surface area (Å²) in [7, 11) is 0. The summed E-state index contributed by atoms with van der Waals surface area (Å²) in [6.07, 6.45) is 4.13. The summed E-state index contributed by atoms with van der Waals surface area (Å²) in [5.74, 6) is -0.698. The van der Waals surface area contributed by atoms with Crippen LogP contribution >= 0.6 is 0 Å². The minimum Gasteiger partial charge on any atom is -0.481 e. The van der Waals surface area contributed by atoms with Crippen molar-refractivity contribution >= 4 is 5.97 Å². The van der Waals surface area contributed by atoms with E-state index in [1.807, 2.05) is 0 Å². The number of hydrogen-bond donors (Lipinski definition) is 3. The average Bonchev–Trinajstić information content (AvgIpc) is 2.09. The van der Waals surface area contributed by atoms with Gasteiger partial charge in [-0.15, -0.1) is 0 Å². The number of rotatable bonds is 9. The van der Waals surface area contributed by atoms with E-state index in [1.165, 1.54) is 0 Å². The van der Waals surface area contributed by atoms with Gasteiger partial charge in [0.05, 0.1) is 0 Å². The molecule has 0 heterocycles. The molecule has 0 aliphatic carbocycles. The Morgan fingerprint density at radius 3 is 2.46 bits per heavy atom. The Bertz CT molecular complexity index is 129. The molecule has 0 spiro atoms. The molecule has 0 fully saturated rings. The molecular formula is C9H20N2O2. The van der Waals surface area contributed by atoms with Crippen molar-refractivity contribution in [1.82, 2.24) is 5.32 Å². The smallest absolute Gasteiger partial charge is 0.303 e. The lowest BCUT2D eigenvalue weighted by molar-refractivity contribution is -0.137. The topological polar surface area (TPSA) is 75.3 Å². The van der Waals surface area contributed by atoms with Gasteiger partial charge in [-0.25, -0.2) is 0 Å². The Morgan fingerprint density at radius 2 is 1.85 bits per heavy atom. The predicted octanol–water partition coefficient (Wildman–Crippen LogP) is 0.570. The minimum atomic E-state index is -0.698.